The standard InChI is InChI=1S/C24H31BrN2O2S/c1-3-15-26-24(29)22(4-2)27(16-14-19-8-6-5-7-9-19)23(28)18-30-17-20-10-12-21(25)13-11-20/h5-13,22H,3-4,14-18H2,1-2H3,(H,26,29)/t22-/m0/s1. The minimum Gasteiger partial charge on any atom is -0.354 e. The first kappa shape index (κ1) is 24.5. The van der Waals surface area contributed by atoms with Crippen molar-refractivity contribution in [1.29, 1.82) is 0 Å². The van der Waals surface area contributed by atoms with Crippen molar-refractivity contribution in [2.75, 3.05) is 18.8 Å². The highest BCUT2D eigenvalue weighted by Gasteiger charge is 2.27. The van der Waals surface area contributed by atoms with Crippen molar-refractivity contribution in [3.05, 3.63) is 70.2 Å². The van der Waals surface area contributed by atoms with Crippen LogP contribution in [0.3, 0.4) is 0 Å². The molecule has 1 atom stereocenters. The highest BCUT2D eigenvalue weighted by molar-refractivity contribution is 9.10. The lowest BCUT2D eigenvalue weighted by Crippen LogP contribution is -2.50. The van der Waals surface area contributed by atoms with Gasteiger partial charge in [0.15, 0.2) is 0 Å². The van der Waals surface area contributed by atoms with Crippen LogP contribution >= 0.6 is 27.7 Å². The number of rotatable bonds is 12. The summed E-state index contributed by atoms with van der Waals surface area (Å²) < 4.78 is 1.04. The molecule has 2 amide bonds. The molecule has 0 bridgehead atoms. The maximum absolute atomic E-state index is 13.1. The average Bonchev–Trinajstić information content (AvgIpc) is 2.77. The molecule has 6 heteroatoms. The minimum absolute atomic E-state index is 0.0199. The molecule has 0 aliphatic heterocycles. The second kappa shape index (κ2) is 13.5. The van der Waals surface area contributed by atoms with Gasteiger partial charge >= 0.3 is 0 Å². The first-order valence-electron chi connectivity index (χ1n) is 10.5. The Morgan fingerprint density at radius 1 is 1.03 bits per heavy atom. The summed E-state index contributed by atoms with van der Waals surface area (Å²) in [6.45, 7) is 5.17. The van der Waals surface area contributed by atoms with Gasteiger partial charge < -0.3 is 10.2 Å². The van der Waals surface area contributed by atoms with Crippen LogP contribution < -0.4 is 5.32 Å². The second-order valence-corrected chi connectivity index (χ2v) is 9.06. The van der Waals surface area contributed by atoms with E-state index in [0.29, 0.717) is 25.3 Å². The van der Waals surface area contributed by atoms with Gasteiger partial charge in [-0.25, -0.2) is 0 Å². The zero-order valence-electron chi connectivity index (χ0n) is 17.8. The molecular weight excluding hydrogens is 460 g/mol. The fraction of sp³-hybridized carbons (Fsp3) is 0.417. The molecule has 0 aliphatic carbocycles. The zero-order chi connectivity index (χ0) is 21.8. The molecule has 0 aliphatic rings. The van der Waals surface area contributed by atoms with Gasteiger partial charge in [-0.05, 0) is 42.5 Å². The molecular formula is C24H31BrN2O2S. The molecule has 0 saturated carbocycles. The third-order valence-corrected chi connectivity index (χ3v) is 6.34. The second-order valence-electron chi connectivity index (χ2n) is 7.16. The first-order chi connectivity index (χ1) is 14.5. The topological polar surface area (TPSA) is 49.4 Å². The summed E-state index contributed by atoms with van der Waals surface area (Å²) in [7, 11) is 0. The number of benzene rings is 2. The monoisotopic (exact) mass is 490 g/mol. The van der Waals surface area contributed by atoms with Crippen LogP contribution in [0.5, 0.6) is 0 Å². The van der Waals surface area contributed by atoms with Gasteiger partial charge in [-0.1, -0.05) is 72.2 Å². The molecule has 2 aromatic rings. The Labute approximate surface area is 192 Å². The summed E-state index contributed by atoms with van der Waals surface area (Å²) in [6, 6.07) is 17.8. The molecule has 0 spiro atoms. The Morgan fingerprint density at radius 3 is 2.37 bits per heavy atom. The smallest absolute Gasteiger partial charge is 0.242 e. The molecule has 30 heavy (non-hydrogen) atoms. The fourth-order valence-corrected chi connectivity index (χ4v) is 4.32. The summed E-state index contributed by atoms with van der Waals surface area (Å²) in [6.07, 6.45) is 2.22. The van der Waals surface area contributed by atoms with E-state index in [4.69, 9.17) is 0 Å². The molecule has 0 unspecified atom stereocenters. The van der Waals surface area contributed by atoms with Gasteiger partial charge in [-0.15, -0.1) is 11.8 Å². The van der Waals surface area contributed by atoms with E-state index in [0.717, 1.165) is 23.1 Å². The lowest BCUT2D eigenvalue weighted by molar-refractivity contribution is -0.138. The van der Waals surface area contributed by atoms with Crippen LogP contribution in [-0.4, -0.2) is 41.6 Å². The number of nitrogens with one attached hydrogen (secondary N) is 1. The van der Waals surface area contributed by atoms with E-state index in [9.17, 15) is 9.59 Å². The van der Waals surface area contributed by atoms with E-state index in [1.54, 1.807) is 16.7 Å². The summed E-state index contributed by atoms with van der Waals surface area (Å²) in [4.78, 5) is 27.6. The first-order valence-corrected chi connectivity index (χ1v) is 12.4. The summed E-state index contributed by atoms with van der Waals surface area (Å²) in [5.74, 6) is 1.09. The minimum atomic E-state index is -0.430. The number of amides is 2. The van der Waals surface area contributed by atoms with Crippen molar-refractivity contribution in [3.63, 3.8) is 0 Å². The number of carbonyl (C=O) groups is 2. The predicted octanol–water partition coefficient (Wildman–Crippen LogP) is 5.06. The van der Waals surface area contributed by atoms with E-state index in [1.165, 1.54) is 11.1 Å². The van der Waals surface area contributed by atoms with E-state index in [2.05, 4.69) is 45.5 Å². The van der Waals surface area contributed by atoms with Crippen molar-refractivity contribution in [1.82, 2.24) is 10.2 Å². The molecule has 0 heterocycles. The third-order valence-electron chi connectivity index (χ3n) is 4.83. The fourth-order valence-electron chi connectivity index (χ4n) is 3.18. The van der Waals surface area contributed by atoms with Crippen LogP contribution in [0.4, 0.5) is 0 Å². The lowest BCUT2D eigenvalue weighted by Gasteiger charge is -2.30. The number of halogens is 1. The normalized spacial score (nSPS) is 11.7. The maximum Gasteiger partial charge on any atom is 0.242 e. The van der Waals surface area contributed by atoms with E-state index in [1.807, 2.05) is 44.2 Å². The molecule has 0 aromatic heterocycles. The number of nitrogens with zero attached hydrogens (tertiary/aromatic N) is 1. The summed E-state index contributed by atoms with van der Waals surface area (Å²) >= 11 is 5.03. The van der Waals surface area contributed by atoms with Crippen LogP contribution in [0.2, 0.25) is 0 Å². The van der Waals surface area contributed by atoms with Crippen molar-refractivity contribution in [2.24, 2.45) is 0 Å². The van der Waals surface area contributed by atoms with E-state index >= 15 is 0 Å². The SMILES string of the molecule is CCCNC(=O)[C@H](CC)N(CCc1ccccc1)C(=O)CSCc1ccc(Br)cc1. The van der Waals surface area contributed by atoms with Crippen LogP contribution in [0.1, 0.15) is 37.8 Å². The largest absolute Gasteiger partial charge is 0.354 e. The highest BCUT2D eigenvalue weighted by Crippen LogP contribution is 2.18. The Balaban J connectivity index is 2.02. The van der Waals surface area contributed by atoms with E-state index < -0.39 is 6.04 Å². The highest BCUT2D eigenvalue weighted by atomic mass is 79.9. The van der Waals surface area contributed by atoms with Gasteiger partial charge in [0.25, 0.3) is 0 Å². The molecule has 1 N–H and O–H groups in total. The molecule has 162 valence electrons. The molecule has 0 saturated heterocycles. The maximum atomic E-state index is 13.1. The molecule has 2 rings (SSSR count). The number of hydrogen-bond donors (Lipinski definition) is 1. The van der Waals surface area contributed by atoms with Crippen molar-refractivity contribution >= 4 is 39.5 Å². The number of carbonyl (C=O) groups excluding carboxylic acids is 2. The number of hydrogen-bond acceptors (Lipinski definition) is 3. The number of thioether (sulfide) groups is 1. The molecule has 4 nitrogen and oxygen atoms in total. The quantitative estimate of drug-likeness (QED) is 0.452. The Kier molecular flexibility index (Phi) is 11.0. The van der Waals surface area contributed by atoms with Gasteiger partial charge in [-0.3, -0.25) is 9.59 Å². The van der Waals surface area contributed by atoms with Gasteiger partial charge in [0.05, 0.1) is 5.75 Å². The lowest BCUT2D eigenvalue weighted by atomic mass is 10.1. The van der Waals surface area contributed by atoms with Crippen LogP contribution in [0.15, 0.2) is 59.1 Å². The summed E-state index contributed by atoms with van der Waals surface area (Å²) in [5.41, 5.74) is 2.35. The average molecular weight is 491 g/mol. The van der Waals surface area contributed by atoms with Gasteiger partial charge in [0.1, 0.15) is 6.04 Å². The van der Waals surface area contributed by atoms with E-state index in [-0.39, 0.29) is 11.8 Å². The Hall–Kier alpha value is -1.79. The van der Waals surface area contributed by atoms with Gasteiger partial charge in [-0.2, -0.15) is 0 Å². The summed E-state index contributed by atoms with van der Waals surface area (Å²) in [5, 5.41) is 2.96. The molecule has 0 fully saturated rings. The van der Waals surface area contributed by atoms with Crippen LogP contribution in [0.25, 0.3) is 0 Å². The Bertz CT molecular complexity index is 784. The van der Waals surface area contributed by atoms with Crippen LogP contribution in [0, 0.1) is 0 Å². The molecule has 0 radical (unpaired) electrons. The Morgan fingerprint density at radius 2 is 1.73 bits per heavy atom. The molecule has 2 aromatic carbocycles. The van der Waals surface area contributed by atoms with Crippen molar-refractivity contribution in [2.45, 2.75) is 44.9 Å². The zero-order valence-corrected chi connectivity index (χ0v) is 20.2. The predicted molar refractivity (Wildman–Crippen MR) is 130 cm³/mol. The van der Waals surface area contributed by atoms with Crippen molar-refractivity contribution < 1.29 is 9.59 Å². The third kappa shape index (κ3) is 8.15. The van der Waals surface area contributed by atoms with Crippen LogP contribution in [-0.2, 0) is 21.8 Å². The van der Waals surface area contributed by atoms with Gasteiger partial charge in [0.2, 0.25) is 11.8 Å². The van der Waals surface area contributed by atoms with Crippen molar-refractivity contribution in [3.8, 4) is 0 Å². The van der Waals surface area contributed by atoms with Gasteiger partial charge in [0, 0.05) is 23.3 Å².